The Balaban J connectivity index is 0.000000920. The van der Waals surface area contributed by atoms with Crippen molar-refractivity contribution < 1.29 is 19.8 Å². The second kappa shape index (κ2) is 17.5. The fraction of sp³-hybridized carbons (Fsp3) is 0.923. The van der Waals surface area contributed by atoms with E-state index < -0.39 is 0 Å². The van der Waals surface area contributed by atoms with Gasteiger partial charge in [0.05, 0.1) is 13.2 Å². The fourth-order valence-electron chi connectivity index (χ4n) is 4.50. The van der Waals surface area contributed by atoms with Crippen LogP contribution in [0.15, 0.2) is 0 Å². The van der Waals surface area contributed by atoms with Gasteiger partial charge in [0, 0.05) is 24.9 Å². The van der Waals surface area contributed by atoms with E-state index in [0.29, 0.717) is 18.5 Å². The third kappa shape index (κ3) is 12.9. The van der Waals surface area contributed by atoms with Crippen LogP contribution in [0.2, 0.25) is 0 Å². The van der Waals surface area contributed by atoms with E-state index in [1.165, 1.54) is 77.0 Å². The average Bonchev–Trinajstić information content (AvgIpc) is 3.72. The van der Waals surface area contributed by atoms with Crippen LogP contribution in [0.1, 0.15) is 109 Å². The second-order valence-electron chi connectivity index (χ2n) is 9.99. The molecule has 32 heavy (non-hydrogen) atoms. The Morgan fingerprint density at radius 1 is 0.781 bits per heavy atom. The first-order valence-electron chi connectivity index (χ1n) is 13.2. The number of aliphatic hydroxyl groups excluding tert-OH is 2. The molecule has 2 aliphatic carbocycles. The molecule has 0 unspecified atom stereocenters. The van der Waals surface area contributed by atoms with Crippen molar-refractivity contribution in [2.75, 3.05) is 33.4 Å². The minimum Gasteiger partial charge on any atom is -0.395 e. The van der Waals surface area contributed by atoms with Crippen LogP contribution < -0.4 is 10.6 Å². The van der Waals surface area contributed by atoms with Crippen molar-refractivity contribution in [1.82, 2.24) is 10.6 Å². The van der Waals surface area contributed by atoms with Crippen LogP contribution in [0.3, 0.4) is 0 Å². The Bertz CT molecular complexity index is 488. The molecule has 2 rings (SSSR count). The molecule has 6 nitrogen and oxygen atoms in total. The molecule has 0 spiro atoms. The summed E-state index contributed by atoms with van der Waals surface area (Å²) < 4.78 is 0. The molecule has 0 aromatic carbocycles. The van der Waals surface area contributed by atoms with E-state index in [2.05, 4.69) is 10.6 Å². The molecule has 0 aliphatic heterocycles. The summed E-state index contributed by atoms with van der Waals surface area (Å²) in [5.74, 6) is 0.162. The molecular formula is C26H50N2O4. The quantitative estimate of drug-likeness (QED) is 0.164. The molecule has 4 N–H and O–H groups in total. The molecule has 188 valence electrons. The molecule has 2 saturated carbocycles. The summed E-state index contributed by atoms with van der Waals surface area (Å²) in [7, 11) is 1.80. The number of amides is 1. The Hall–Kier alpha value is -0.980. The Labute approximate surface area is 196 Å². The number of carbonyl (C=O) groups is 2. The van der Waals surface area contributed by atoms with E-state index >= 15 is 0 Å². The topological polar surface area (TPSA) is 98.7 Å². The summed E-state index contributed by atoms with van der Waals surface area (Å²) in [6.45, 7) is 1.35. The zero-order valence-electron chi connectivity index (χ0n) is 20.6. The molecule has 1 amide bonds. The van der Waals surface area contributed by atoms with E-state index in [9.17, 15) is 9.59 Å². The smallest absolute Gasteiger partial charge is 0.226 e. The fourth-order valence-corrected chi connectivity index (χ4v) is 4.50. The molecule has 0 radical (unpaired) electrons. The zero-order valence-corrected chi connectivity index (χ0v) is 20.6. The summed E-state index contributed by atoms with van der Waals surface area (Å²) in [4.78, 5) is 22.7. The van der Waals surface area contributed by atoms with Crippen LogP contribution in [0.5, 0.6) is 0 Å². The van der Waals surface area contributed by atoms with Crippen LogP contribution >= 0.6 is 0 Å². The molecule has 0 aromatic heterocycles. The maximum atomic E-state index is 12.1. The van der Waals surface area contributed by atoms with Crippen molar-refractivity contribution in [3.05, 3.63) is 0 Å². The number of likely N-dealkylation sites (N-methyl/N-ethyl adjacent to an activating group) is 1. The van der Waals surface area contributed by atoms with Gasteiger partial charge in [-0.05, 0) is 51.0 Å². The SMILES string of the molecule is CNCCO.O=CCC1(CCCCCCCCCCCCC2(C(=O)NCCO)CC2)CC1. The monoisotopic (exact) mass is 454 g/mol. The molecule has 6 heteroatoms. The lowest BCUT2D eigenvalue weighted by Crippen LogP contribution is -2.33. The van der Waals surface area contributed by atoms with Crippen molar-refractivity contribution in [3.8, 4) is 0 Å². The van der Waals surface area contributed by atoms with Crippen molar-refractivity contribution >= 4 is 12.2 Å². The minimum absolute atomic E-state index is 0.0305. The first-order chi connectivity index (χ1) is 15.6. The van der Waals surface area contributed by atoms with Crippen LogP contribution in [-0.2, 0) is 9.59 Å². The molecular weight excluding hydrogens is 404 g/mol. The summed E-state index contributed by atoms with van der Waals surface area (Å²) >= 11 is 0. The maximum Gasteiger partial charge on any atom is 0.226 e. The number of aldehydes is 1. The third-order valence-electron chi connectivity index (χ3n) is 7.18. The normalized spacial score (nSPS) is 17.2. The van der Waals surface area contributed by atoms with Crippen LogP contribution in [-0.4, -0.2) is 55.8 Å². The predicted molar refractivity (Wildman–Crippen MR) is 131 cm³/mol. The highest BCUT2D eigenvalue weighted by Crippen LogP contribution is 2.52. The van der Waals surface area contributed by atoms with E-state index in [4.69, 9.17) is 10.2 Å². The van der Waals surface area contributed by atoms with Crippen LogP contribution in [0.25, 0.3) is 0 Å². The largest absolute Gasteiger partial charge is 0.395 e. The number of nitrogens with one attached hydrogen (secondary N) is 2. The Morgan fingerprint density at radius 2 is 1.28 bits per heavy atom. The van der Waals surface area contributed by atoms with Gasteiger partial charge < -0.3 is 25.6 Å². The lowest BCUT2D eigenvalue weighted by atomic mass is 9.94. The lowest BCUT2D eigenvalue weighted by molar-refractivity contribution is -0.126. The summed E-state index contributed by atoms with van der Waals surface area (Å²) in [6, 6.07) is 0. The zero-order chi connectivity index (χ0) is 23.5. The first kappa shape index (κ1) is 29.1. The first-order valence-corrected chi connectivity index (χ1v) is 13.2. The van der Waals surface area contributed by atoms with Crippen molar-refractivity contribution in [3.63, 3.8) is 0 Å². The number of unbranched alkanes of at least 4 members (excludes halogenated alkanes) is 9. The van der Waals surface area contributed by atoms with Gasteiger partial charge in [-0.25, -0.2) is 0 Å². The van der Waals surface area contributed by atoms with Crippen molar-refractivity contribution in [1.29, 1.82) is 0 Å². The predicted octanol–water partition coefficient (Wildman–Crippen LogP) is 4.12. The summed E-state index contributed by atoms with van der Waals surface area (Å²) in [6.07, 6.45) is 21.9. The van der Waals surface area contributed by atoms with Gasteiger partial charge in [0.2, 0.25) is 5.91 Å². The molecule has 0 saturated heterocycles. The van der Waals surface area contributed by atoms with Gasteiger partial charge in [0.15, 0.2) is 0 Å². The molecule has 0 atom stereocenters. The minimum atomic E-state index is -0.0834. The van der Waals surface area contributed by atoms with Crippen molar-refractivity contribution in [2.45, 2.75) is 109 Å². The van der Waals surface area contributed by atoms with Gasteiger partial charge in [-0.2, -0.15) is 0 Å². The van der Waals surface area contributed by atoms with Gasteiger partial charge in [-0.3, -0.25) is 4.79 Å². The van der Waals surface area contributed by atoms with E-state index in [1.807, 2.05) is 0 Å². The van der Waals surface area contributed by atoms with Gasteiger partial charge >= 0.3 is 0 Å². The van der Waals surface area contributed by atoms with Crippen LogP contribution in [0.4, 0.5) is 0 Å². The Kier molecular flexibility index (Phi) is 15.9. The van der Waals surface area contributed by atoms with Gasteiger partial charge in [-0.15, -0.1) is 0 Å². The summed E-state index contributed by atoms with van der Waals surface area (Å²) in [5, 5.41) is 22.4. The molecule has 0 heterocycles. The summed E-state index contributed by atoms with van der Waals surface area (Å²) in [5.41, 5.74) is 0.347. The molecule has 2 aliphatic rings. The van der Waals surface area contributed by atoms with Gasteiger partial charge in [0.25, 0.3) is 0 Å². The van der Waals surface area contributed by atoms with Crippen LogP contribution in [0, 0.1) is 10.8 Å². The van der Waals surface area contributed by atoms with E-state index in [1.54, 1.807) is 7.05 Å². The second-order valence-corrected chi connectivity index (χ2v) is 9.99. The number of hydrogen-bond acceptors (Lipinski definition) is 5. The molecule has 2 fully saturated rings. The molecule has 0 aromatic rings. The average molecular weight is 455 g/mol. The standard InChI is InChI=1S/C23H41NO3.C3H9NO/c25-19-17-22(13-14-22)11-9-7-5-3-1-2-4-6-8-10-12-23(15-16-23)21(27)24-18-20-26;1-4-2-3-5/h19,26H,1-18,20H2,(H,24,27);4-5H,2-3H2,1H3. The highest BCUT2D eigenvalue weighted by molar-refractivity contribution is 5.85. The van der Waals surface area contributed by atoms with E-state index in [0.717, 1.165) is 38.4 Å². The lowest BCUT2D eigenvalue weighted by Gasteiger charge is -2.14. The van der Waals surface area contributed by atoms with E-state index in [-0.39, 0.29) is 24.5 Å². The highest BCUT2D eigenvalue weighted by Gasteiger charge is 2.48. The number of hydrogen-bond donors (Lipinski definition) is 4. The van der Waals surface area contributed by atoms with Gasteiger partial charge in [0.1, 0.15) is 6.29 Å². The Morgan fingerprint density at radius 3 is 1.66 bits per heavy atom. The highest BCUT2D eigenvalue weighted by atomic mass is 16.3. The van der Waals surface area contributed by atoms with Crippen molar-refractivity contribution in [2.24, 2.45) is 10.8 Å². The number of aliphatic hydroxyl groups is 2. The molecule has 0 bridgehead atoms. The maximum absolute atomic E-state index is 12.1. The van der Waals surface area contributed by atoms with Gasteiger partial charge in [-0.1, -0.05) is 64.2 Å². The number of carbonyl (C=O) groups excluding carboxylic acids is 2. The third-order valence-corrected chi connectivity index (χ3v) is 7.18. The number of rotatable bonds is 20.